The maximum absolute atomic E-state index is 12.5. The number of ether oxygens (including phenoxy) is 2. The van der Waals surface area contributed by atoms with E-state index >= 15 is 0 Å². The number of halogens is 2. The number of alkyl halides is 2. The standard InChI is InChI=1S/C9H10F2O2/c1-12-9(10,11)7-13-8-5-3-2-4-6-8/h2-6H,7H2,1H3. The maximum Gasteiger partial charge on any atom is 0.389 e. The lowest BCUT2D eigenvalue weighted by molar-refractivity contribution is -0.237. The predicted molar refractivity (Wildman–Crippen MR) is 43.9 cm³/mol. The van der Waals surface area contributed by atoms with Gasteiger partial charge in [-0.1, -0.05) is 18.2 Å². The zero-order valence-corrected chi connectivity index (χ0v) is 7.17. The molecule has 4 heteroatoms. The Bertz CT molecular complexity index is 249. The van der Waals surface area contributed by atoms with Gasteiger partial charge in [0, 0.05) is 7.11 Å². The van der Waals surface area contributed by atoms with Gasteiger partial charge >= 0.3 is 6.11 Å². The van der Waals surface area contributed by atoms with Crippen LogP contribution >= 0.6 is 0 Å². The summed E-state index contributed by atoms with van der Waals surface area (Å²) in [5.74, 6) is 0.402. The summed E-state index contributed by atoms with van der Waals surface area (Å²) in [6.07, 6.45) is -3.23. The molecule has 0 aliphatic carbocycles. The van der Waals surface area contributed by atoms with E-state index in [0.29, 0.717) is 5.75 Å². The van der Waals surface area contributed by atoms with Gasteiger partial charge in [0.25, 0.3) is 0 Å². The van der Waals surface area contributed by atoms with Crippen LogP contribution in [-0.4, -0.2) is 19.8 Å². The van der Waals surface area contributed by atoms with E-state index in [4.69, 9.17) is 4.74 Å². The third-order valence-electron chi connectivity index (χ3n) is 1.45. The molecule has 1 aromatic carbocycles. The highest BCUT2D eigenvalue weighted by Crippen LogP contribution is 2.16. The molecular formula is C9H10F2O2. The summed E-state index contributed by atoms with van der Waals surface area (Å²) < 4.78 is 33.7. The number of rotatable bonds is 4. The molecule has 0 saturated heterocycles. The van der Waals surface area contributed by atoms with Crippen molar-refractivity contribution in [3.63, 3.8) is 0 Å². The lowest BCUT2D eigenvalue weighted by Crippen LogP contribution is -2.27. The number of hydrogen-bond acceptors (Lipinski definition) is 2. The molecule has 0 heterocycles. The largest absolute Gasteiger partial charge is 0.484 e. The van der Waals surface area contributed by atoms with E-state index in [2.05, 4.69) is 4.74 Å². The van der Waals surface area contributed by atoms with Crippen molar-refractivity contribution in [1.82, 2.24) is 0 Å². The Balaban J connectivity index is 2.44. The summed E-state index contributed by atoms with van der Waals surface area (Å²) in [5.41, 5.74) is 0. The minimum atomic E-state index is -3.23. The Morgan fingerprint density at radius 2 is 1.85 bits per heavy atom. The van der Waals surface area contributed by atoms with E-state index in [1.165, 1.54) is 0 Å². The highest BCUT2D eigenvalue weighted by Gasteiger charge is 2.29. The molecule has 0 bridgehead atoms. The van der Waals surface area contributed by atoms with Crippen molar-refractivity contribution in [2.75, 3.05) is 13.7 Å². The van der Waals surface area contributed by atoms with Gasteiger partial charge < -0.3 is 9.47 Å². The topological polar surface area (TPSA) is 18.5 Å². The molecule has 2 nitrogen and oxygen atoms in total. The average molecular weight is 188 g/mol. The molecule has 0 N–H and O–H groups in total. The number of methoxy groups -OCH3 is 1. The van der Waals surface area contributed by atoms with Gasteiger partial charge in [-0.05, 0) is 12.1 Å². The molecule has 0 aromatic heterocycles. The maximum atomic E-state index is 12.5. The van der Waals surface area contributed by atoms with Crippen molar-refractivity contribution in [1.29, 1.82) is 0 Å². The van der Waals surface area contributed by atoms with E-state index in [0.717, 1.165) is 7.11 Å². The number of benzene rings is 1. The SMILES string of the molecule is COC(F)(F)COc1ccccc1. The summed E-state index contributed by atoms with van der Waals surface area (Å²) in [4.78, 5) is 0. The number of hydrogen-bond donors (Lipinski definition) is 0. The van der Waals surface area contributed by atoms with Gasteiger partial charge in [0.1, 0.15) is 5.75 Å². The second kappa shape index (κ2) is 4.18. The molecule has 0 radical (unpaired) electrons. The summed E-state index contributed by atoms with van der Waals surface area (Å²) in [5, 5.41) is 0. The summed E-state index contributed by atoms with van der Waals surface area (Å²) >= 11 is 0. The molecule has 1 aromatic rings. The van der Waals surface area contributed by atoms with Crippen molar-refractivity contribution < 1.29 is 18.3 Å². The van der Waals surface area contributed by atoms with Crippen LogP contribution in [0.25, 0.3) is 0 Å². The Kier molecular flexibility index (Phi) is 3.19. The van der Waals surface area contributed by atoms with Crippen LogP contribution in [0, 0.1) is 0 Å². The second-order valence-corrected chi connectivity index (χ2v) is 2.44. The fraction of sp³-hybridized carbons (Fsp3) is 0.333. The molecule has 0 atom stereocenters. The van der Waals surface area contributed by atoms with Gasteiger partial charge in [-0.15, -0.1) is 0 Å². The van der Waals surface area contributed by atoms with E-state index in [9.17, 15) is 8.78 Å². The van der Waals surface area contributed by atoms with E-state index < -0.39 is 12.7 Å². The van der Waals surface area contributed by atoms with Gasteiger partial charge in [0.15, 0.2) is 6.61 Å². The van der Waals surface area contributed by atoms with Crippen LogP contribution in [0.2, 0.25) is 0 Å². The van der Waals surface area contributed by atoms with Gasteiger partial charge in [0.2, 0.25) is 0 Å². The smallest absolute Gasteiger partial charge is 0.389 e. The third kappa shape index (κ3) is 3.38. The summed E-state index contributed by atoms with van der Waals surface area (Å²) in [7, 11) is 0.939. The van der Waals surface area contributed by atoms with Crippen LogP contribution in [0.4, 0.5) is 8.78 Å². The minimum Gasteiger partial charge on any atom is -0.484 e. The molecule has 0 spiro atoms. The fourth-order valence-corrected chi connectivity index (χ4v) is 0.743. The van der Waals surface area contributed by atoms with Crippen molar-refractivity contribution in [2.45, 2.75) is 6.11 Å². The minimum absolute atomic E-state index is 0.402. The first-order valence-corrected chi connectivity index (χ1v) is 3.75. The third-order valence-corrected chi connectivity index (χ3v) is 1.45. The fourth-order valence-electron chi connectivity index (χ4n) is 0.743. The second-order valence-electron chi connectivity index (χ2n) is 2.44. The highest BCUT2D eigenvalue weighted by atomic mass is 19.3. The summed E-state index contributed by atoms with van der Waals surface area (Å²) in [6.45, 7) is -0.770. The van der Waals surface area contributed by atoms with Gasteiger partial charge in [0.05, 0.1) is 0 Å². The van der Waals surface area contributed by atoms with Crippen molar-refractivity contribution in [2.24, 2.45) is 0 Å². The Morgan fingerprint density at radius 1 is 1.23 bits per heavy atom. The lowest BCUT2D eigenvalue weighted by atomic mass is 10.3. The molecule has 0 aliphatic rings. The molecule has 0 aliphatic heterocycles. The summed E-state index contributed by atoms with van der Waals surface area (Å²) in [6, 6.07) is 8.40. The first-order chi connectivity index (χ1) is 6.14. The Labute approximate surface area is 75.1 Å². The zero-order valence-electron chi connectivity index (χ0n) is 7.17. The Hall–Kier alpha value is -1.16. The van der Waals surface area contributed by atoms with Crippen LogP contribution in [0.15, 0.2) is 30.3 Å². The van der Waals surface area contributed by atoms with Crippen LogP contribution in [0.3, 0.4) is 0 Å². The van der Waals surface area contributed by atoms with Gasteiger partial charge in [-0.25, -0.2) is 0 Å². The predicted octanol–water partition coefficient (Wildman–Crippen LogP) is 2.30. The molecule has 1 rings (SSSR count). The first-order valence-electron chi connectivity index (χ1n) is 3.75. The zero-order chi connectivity index (χ0) is 9.73. The number of para-hydroxylation sites is 1. The van der Waals surface area contributed by atoms with E-state index in [1.54, 1.807) is 30.3 Å². The molecule has 0 fully saturated rings. The van der Waals surface area contributed by atoms with Crippen LogP contribution in [0.1, 0.15) is 0 Å². The molecule has 0 amide bonds. The van der Waals surface area contributed by atoms with Crippen LogP contribution in [0.5, 0.6) is 5.75 Å². The molecule has 72 valence electrons. The monoisotopic (exact) mass is 188 g/mol. The molecule has 0 unspecified atom stereocenters. The quantitative estimate of drug-likeness (QED) is 0.721. The Morgan fingerprint density at radius 3 is 2.38 bits per heavy atom. The van der Waals surface area contributed by atoms with Gasteiger partial charge in [-0.3, -0.25) is 0 Å². The van der Waals surface area contributed by atoms with Crippen molar-refractivity contribution >= 4 is 0 Å². The molecule has 13 heavy (non-hydrogen) atoms. The van der Waals surface area contributed by atoms with Crippen LogP contribution < -0.4 is 4.74 Å². The molecular weight excluding hydrogens is 178 g/mol. The van der Waals surface area contributed by atoms with E-state index in [-0.39, 0.29) is 0 Å². The molecule has 0 saturated carbocycles. The normalized spacial score (nSPS) is 11.3. The van der Waals surface area contributed by atoms with Crippen molar-refractivity contribution in [3.05, 3.63) is 30.3 Å². The first kappa shape index (κ1) is 9.92. The van der Waals surface area contributed by atoms with Gasteiger partial charge in [-0.2, -0.15) is 8.78 Å². The highest BCUT2D eigenvalue weighted by molar-refractivity contribution is 5.20. The van der Waals surface area contributed by atoms with Crippen LogP contribution in [-0.2, 0) is 4.74 Å². The lowest BCUT2D eigenvalue weighted by Gasteiger charge is -2.14. The average Bonchev–Trinajstić information content (AvgIpc) is 2.17. The van der Waals surface area contributed by atoms with E-state index in [1.807, 2.05) is 0 Å². The van der Waals surface area contributed by atoms with Crippen molar-refractivity contribution in [3.8, 4) is 5.75 Å².